The first-order valence-electron chi connectivity index (χ1n) is 11.7. The number of imidazole rings is 1. The van der Waals surface area contributed by atoms with Crippen molar-refractivity contribution < 1.29 is 13.6 Å². The molecule has 1 fully saturated rings. The summed E-state index contributed by atoms with van der Waals surface area (Å²) < 4.78 is 33.2. The highest BCUT2D eigenvalue weighted by Crippen LogP contribution is 2.34. The smallest absolute Gasteiger partial charge is 0.332 e. The molecule has 0 aliphatic carbocycles. The lowest BCUT2D eigenvalue weighted by Gasteiger charge is -2.24. The number of halogens is 2. The number of fused-ring (bicyclic) bond motifs is 1. The van der Waals surface area contributed by atoms with E-state index in [-0.39, 0.29) is 33.6 Å². The molecule has 0 unspecified atom stereocenters. The van der Waals surface area contributed by atoms with E-state index in [0.717, 1.165) is 24.0 Å². The molecule has 13 heteroatoms. The molecule has 3 aromatic heterocycles. The van der Waals surface area contributed by atoms with Crippen LogP contribution in [0.3, 0.4) is 0 Å². The summed E-state index contributed by atoms with van der Waals surface area (Å²) >= 11 is 0.623. The number of nitrogens with zero attached hydrogens (tertiary/aromatic N) is 6. The van der Waals surface area contributed by atoms with Crippen LogP contribution in [0, 0.1) is 10.9 Å². The van der Waals surface area contributed by atoms with E-state index in [0.29, 0.717) is 17.0 Å². The lowest BCUT2D eigenvalue weighted by molar-refractivity contribution is -0.118. The van der Waals surface area contributed by atoms with E-state index in [1.165, 1.54) is 35.6 Å². The zero-order valence-corrected chi connectivity index (χ0v) is 21.5. The van der Waals surface area contributed by atoms with Gasteiger partial charge in [0.1, 0.15) is 17.6 Å². The van der Waals surface area contributed by atoms with Gasteiger partial charge < -0.3 is 14.8 Å². The molecular weight excluding hydrogens is 504 g/mol. The largest absolute Gasteiger partial charge is 0.366 e. The number of rotatable bonds is 5. The normalized spacial score (nSPS) is 16.5. The van der Waals surface area contributed by atoms with Crippen LogP contribution in [0.15, 0.2) is 34.1 Å². The van der Waals surface area contributed by atoms with Crippen LogP contribution in [0.4, 0.5) is 19.6 Å². The van der Waals surface area contributed by atoms with Gasteiger partial charge in [0, 0.05) is 32.2 Å². The van der Waals surface area contributed by atoms with Crippen molar-refractivity contribution in [1.29, 1.82) is 0 Å². The molecule has 4 heterocycles. The van der Waals surface area contributed by atoms with Crippen molar-refractivity contribution in [3.05, 3.63) is 56.3 Å². The highest BCUT2D eigenvalue weighted by Gasteiger charge is 2.26. The third-order valence-electron chi connectivity index (χ3n) is 6.87. The number of nitrogens with one attached hydrogen (secondary N) is 1. The molecule has 10 nitrogen and oxygen atoms in total. The summed E-state index contributed by atoms with van der Waals surface area (Å²) in [4.78, 5) is 48.1. The van der Waals surface area contributed by atoms with Crippen LogP contribution in [0.5, 0.6) is 0 Å². The average Bonchev–Trinajstić information content (AvgIpc) is 3.59. The molecule has 1 amide bonds. The van der Waals surface area contributed by atoms with E-state index in [9.17, 15) is 23.2 Å². The Bertz CT molecular complexity index is 1650. The van der Waals surface area contributed by atoms with Gasteiger partial charge in [-0.05, 0) is 38.8 Å². The predicted octanol–water partition coefficient (Wildman–Crippen LogP) is 3.02. The minimum atomic E-state index is -0.926. The van der Waals surface area contributed by atoms with E-state index in [4.69, 9.17) is 0 Å². The number of aryl methyl sites for hydroxylation is 1. The van der Waals surface area contributed by atoms with Crippen molar-refractivity contribution in [3.8, 4) is 11.3 Å². The number of thiazole rings is 1. The Morgan fingerprint density at radius 2 is 1.97 bits per heavy atom. The third kappa shape index (κ3) is 4.12. The number of carbonyl (C=O) groups is 1. The van der Waals surface area contributed by atoms with Crippen molar-refractivity contribution in [2.75, 3.05) is 16.8 Å². The summed E-state index contributed by atoms with van der Waals surface area (Å²) in [6.07, 6.45) is 3.28. The zero-order chi connectivity index (χ0) is 26.6. The molecule has 0 bridgehead atoms. The second kappa shape index (κ2) is 9.21. The molecule has 194 valence electrons. The maximum atomic E-state index is 14.9. The average molecular weight is 530 g/mol. The maximum absolute atomic E-state index is 14.9. The zero-order valence-electron chi connectivity index (χ0n) is 20.7. The molecule has 0 spiro atoms. The lowest BCUT2D eigenvalue weighted by Crippen LogP contribution is -2.38. The van der Waals surface area contributed by atoms with E-state index < -0.39 is 34.1 Å². The molecule has 1 saturated heterocycles. The van der Waals surface area contributed by atoms with Gasteiger partial charge in [-0.2, -0.15) is 4.39 Å². The minimum Gasteiger partial charge on any atom is -0.366 e. The second-order valence-electron chi connectivity index (χ2n) is 9.19. The van der Waals surface area contributed by atoms with Gasteiger partial charge in [-0.25, -0.2) is 19.2 Å². The molecule has 37 heavy (non-hydrogen) atoms. The van der Waals surface area contributed by atoms with Crippen LogP contribution in [-0.2, 0) is 18.9 Å². The predicted molar refractivity (Wildman–Crippen MR) is 137 cm³/mol. The Balaban J connectivity index is 1.40. The molecule has 1 N–H and O–H groups in total. The first kappa shape index (κ1) is 24.8. The van der Waals surface area contributed by atoms with Crippen LogP contribution in [0.1, 0.15) is 32.7 Å². The molecule has 0 saturated carbocycles. The highest BCUT2D eigenvalue weighted by atomic mass is 32.1. The molecule has 4 aromatic rings. The molecule has 5 rings (SSSR count). The Morgan fingerprint density at radius 1 is 1.22 bits per heavy atom. The van der Waals surface area contributed by atoms with Crippen molar-refractivity contribution in [2.45, 2.75) is 38.8 Å². The molecule has 0 radical (unpaired) electrons. The fourth-order valence-corrected chi connectivity index (χ4v) is 5.42. The van der Waals surface area contributed by atoms with Crippen molar-refractivity contribution in [3.63, 3.8) is 0 Å². The quantitative estimate of drug-likeness (QED) is 0.426. The number of amides is 1. The van der Waals surface area contributed by atoms with Crippen LogP contribution in [0.25, 0.3) is 22.4 Å². The Kier molecular flexibility index (Phi) is 6.18. The van der Waals surface area contributed by atoms with Gasteiger partial charge in [-0.15, -0.1) is 0 Å². The standard InChI is InChI=1S/C24H25F2N7O3S/c1-12-6-5-9-32(12)16-8-7-14(10-15(16)25)17-19(26)37-23(28-17)29-21(34)13(2)33-11-27-20-18(33)22(35)31(4)24(36)30(20)3/h7-8,10-13H,5-6,9H2,1-4H3,(H,28,29,34)/t12-,13-/m0/s1. The van der Waals surface area contributed by atoms with Gasteiger partial charge in [0.2, 0.25) is 11.0 Å². The first-order valence-corrected chi connectivity index (χ1v) is 12.6. The van der Waals surface area contributed by atoms with Crippen molar-refractivity contribution >= 4 is 39.2 Å². The van der Waals surface area contributed by atoms with Crippen LogP contribution < -0.4 is 21.5 Å². The summed E-state index contributed by atoms with van der Waals surface area (Å²) in [5.41, 5.74) is -0.227. The van der Waals surface area contributed by atoms with Gasteiger partial charge in [-0.1, -0.05) is 17.4 Å². The van der Waals surface area contributed by atoms with Gasteiger partial charge in [-0.3, -0.25) is 18.7 Å². The molecule has 1 aliphatic heterocycles. The fourth-order valence-electron chi connectivity index (χ4n) is 4.71. The lowest BCUT2D eigenvalue weighted by atomic mass is 10.1. The van der Waals surface area contributed by atoms with Crippen LogP contribution >= 0.6 is 11.3 Å². The second-order valence-corrected chi connectivity index (χ2v) is 10.1. The molecule has 1 aromatic carbocycles. The summed E-state index contributed by atoms with van der Waals surface area (Å²) in [5, 5.41) is 1.89. The van der Waals surface area contributed by atoms with Gasteiger partial charge in [0.15, 0.2) is 16.3 Å². The maximum Gasteiger partial charge on any atom is 0.332 e. The van der Waals surface area contributed by atoms with Gasteiger partial charge in [0.05, 0.1) is 12.0 Å². The Morgan fingerprint density at radius 3 is 2.65 bits per heavy atom. The summed E-state index contributed by atoms with van der Waals surface area (Å²) in [6, 6.07) is 3.81. The number of anilines is 2. The summed E-state index contributed by atoms with van der Waals surface area (Å²) in [5.74, 6) is -1.03. The Hall–Kier alpha value is -3.87. The molecular formula is C24H25F2N7O3S. The van der Waals surface area contributed by atoms with Crippen LogP contribution in [0.2, 0.25) is 0 Å². The highest BCUT2D eigenvalue weighted by molar-refractivity contribution is 7.14. The monoisotopic (exact) mass is 529 g/mol. The number of hydrogen-bond donors (Lipinski definition) is 1. The Labute approximate surface area is 213 Å². The van der Waals surface area contributed by atoms with Gasteiger partial charge in [0.25, 0.3) is 5.56 Å². The van der Waals surface area contributed by atoms with E-state index in [1.807, 2.05) is 11.8 Å². The summed E-state index contributed by atoms with van der Waals surface area (Å²) in [6.45, 7) is 4.35. The van der Waals surface area contributed by atoms with Crippen molar-refractivity contribution in [2.24, 2.45) is 14.1 Å². The first-order chi connectivity index (χ1) is 17.6. The minimum absolute atomic E-state index is 0.00766. The van der Waals surface area contributed by atoms with E-state index in [2.05, 4.69) is 15.3 Å². The fraction of sp³-hybridized carbons (Fsp3) is 0.375. The van der Waals surface area contributed by atoms with E-state index in [1.54, 1.807) is 19.1 Å². The number of benzene rings is 1. The molecule has 2 atom stereocenters. The van der Waals surface area contributed by atoms with E-state index >= 15 is 0 Å². The number of aromatic nitrogens is 5. The van der Waals surface area contributed by atoms with Crippen LogP contribution in [-0.4, -0.2) is 42.2 Å². The molecule has 1 aliphatic rings. The van der Waals surface area contributed by atoms with Gasteiger partial charge >= 0.3 is 5.69 Å². The number of carbonyl (C=O) groups excluding carboxylic acids is 1. The number of hydrogen-bond acceptors (Lipinski definition) is 7. The SMILES string of the molecule is C[C@H]1CCCN1c1ccc(-c2nc(NC(=O)[C@H](C)n3cnc4c3c(=O)n(C)c(=O)n4C)sc2F)cc1F. The topological polar surface area (TPSA) is 107 Å². The van der Waals surface area contributed by atoms with Crippen molar-refractivity contribution in [1.82, 2.24) is 23.7 Å². The third-order valence-corrected chi connectivity index (χ3v) is 7.63. The summed E-state index contributed by atoms with van der Waals surface area (Å²) in [7, 11) is 2.82.